The number of nitrogens with one attached hydrogen (secondary N) is 1. The first-order valence-corrected chi connectivity index (χ1v) is 9.52. The number of furan rings is 1. The fourth-order valence-electron chi connectivity index (χ4n) is 3.14. The number of non-ortho nitro benzene ring substituents is 1. The maximum Gasteiger partial charge on any atom is 0.337 e. The van der Waals surface area contributed by atoms with E-state index in [0.29, 0.717) is 17.1 Å². The van der Waals surface area contributed by atoms with Crippen LogP contribution in [0.5, 0.6) is 0 Å². The number of aromatic amines is 1. The van der Waals surface area contributed by atoms with Crippen molar-refractivity contribution in [2.24, 2.45) is 0 Å². The first-order valence-electron chi connectivity index (χ1n) is 9.14. The molecule has 0 radical (unpaired) electrons. The molecule has 0 atom stereocenters. The summed E-state index contributed by atoms with van der Waals surface area (Å²) in [7, 11) is 0. The van der Waals surface area contributed by atoms with Crippen LogP contribution in [0.15, 0.2) is 63.8 Å². The summed E-state index contributed by atoms with van der Waals surface area (Å²) in [4.78, 5) is 34.7. The number of benzene rings is 2. The van der Waals surface area contributed by atoms with Gasteiger partial charge in [0.25, 0.3) is 11.2 Å². The Bertz CT molecular complexity index is 1550. The normalized spacial score (nSPS) is 11.6. The van der Waals surface area contributed by atoms with Gasteiger partial charge in [0.1, 0.15) is 11.5 Å². The number of nitrogens with zero attached hydrogens (tertiary/aromatic N) is 2. The van der Waals surface area contributed by atoms with Gasteiger partial charge in [-0.05, 0) is 36.4 Å². The van der Waals surface area contributed by atoms with Crippen molar-refractivity contribution >= 4 is 35.9 Å². The van der Waals surface area contributed by atoms with Crippen LogP contribution in [0, 0.1) is 10.1 Å². The van der Waals surface area contributed by atoms with Crippen LogP contribution in [0.25, 0.3) is 29.7 Å². The van der Waals surface area contributed by atoms with Crippen molar-refractivity contribution < 1.29 is 19.2 Å². The molecular weight excluding hydrogens is 438 g/mol. The van der Waals surface area contributed by atoms with Gasteiger partial charge in [-0.2, -0.15) is 0 Å². The van der Waals surface area contributed by atoms with E-state index in [1.54, 1.807) is 24.3 Å². The summed E-state index contributed by atoms with van der Waals surface area (Å²) in [6.45, 7) is 3.83. The second kappa shape index (κ2) is 8.05. The van der Waals surface area contributed by atoms with E-state index in [1.165, 1.54) is 36.4 Å². The summed E-state index contributed by atoms with van der Waals surface area (Å²) in [5, 5.41) is 23.6. The topological polar surface area (TPSA) is 131 Å². The lowest BCUT2D eigenvalue weighted by atomic mass is 10.1. The van der Waals surface area contributed by atoms with Crippen LogP contribution in [-0.4, -0.2) is 25.8 Å². The second-order valence-electron chi connectivity index (χ2n) is 6.77. The Morgan fingerprint density at radius 1 is 1.22 bits per heavy atom. The number of nitro groups is 1. The second-order valence-corrected chi connectivity index (χ2v) is 7.17. The number of hydrogen-bond acceptors (Lipinski definition) is 5. The van der Waals surface area contributed by atoms with Crippen molar-refractivity contribution in [1.82, 2.24) is 9.78 Å². The minimum Gasteiger partial charge on any atom is -0.478 e. The van der Waals surface area contributed by atoms with Crippen LogP contribution in [0.2, 0.25) is 5.02 Å². The quantitative estimate of drug-likeness (QED) is 0.354. The van der Waals surface area contributed by atoms with Gasteiger partial charge in [0.05, 0.1) is 31.8 Å². The van der Waals surface area contributed by atoms with Gasteiger partial charge in [0.15, 0.2) is 0 Å². The molecule has 2 N–H and O–H groups in total. The molecule has 2 aromatic carbocycles. The zero-order valence-corrected chi connectivity index (χ0v) is 17.0. The Morgan fingerprint density at radius 3 is 2.72 bits per heavy atom. The van der Waals surface area contributed by atoms with Crippen LogP contribution < -0.4 is 16.1 Å². The number of carboxylic acid groups (broad SMARTS) is 1. The molecule has 0 unspecified atom stereocenters. The van der Waals surface area contributed by atoms with Crippen molar-refractivity contribution in [1.29, 1.82) is 0 Å². The zero-order chi connectivity index (χ0) is 23.0. The molecule has 0 aliphatic heterocycles. The van der Waals surface area contributed by atoms with Crippen LogP contribution in [0.3, 0.4) is 0 Å². The molecular formula is C22H14ClN3O6. The average molecular weight is 452 g/mol. The van der Waals surface area contributed by atoms with E-state index < -0.39 is 16.5 Å². The molecule has 4 rings (SSSR count). The Morgan fingerprint density at radius 2 is 2.00 bits per heavy atom. The van der Waals surface area contributed by atoms with E-state index >= 15 is 0 Å². The fourth-order valence-corrected chi connectivity index (χ4v) is 3.34. The molecule has 0 bridgehead atoms. The lowest BCUT2D eigenvalue weighted by molar-refractivity contribution is -0.384. The molecule has 2 aromatic heterocycles. The Hall–Kier alpha value is -4.37. The number of carboxylic acids is 1. The molecule has 0 aliphatic rings. The summed E-state index contributed by atoms with van der Waals surface area (Å²) in [6.07, 6.45) is 1.48. The minimum atomic E-state index is -1.22. The molecule has 9 nitrogen and oxygen atoms in total. The SMILES string of the molecule is C=c1[nH]n(-c2ccc(Cl)c(C(=O)O)c2)c(=O)c1=Cc1ccc(-c2cccc([N+](=O)[O-])c2)o1. The van der Waals surface area contributed by atoms with Crippen LogP contribution in [0.4, 0.5) is 5.69 Å². The Balaban J connectivity index is 1.76. The summed E-state index contributed by atoms with van der Waals surface area (Å²) in [5.41, 5.74) is 0.110. The van der Waals surface area contributed by atoms with Gasteiger partial charge in [-0.15, -0.1) is 0 Å². The maximum atomic E-state index is 12.9. The van der Waals surface area contributed by atoms with Gasteiger partial charge in [0.2, 0.25) is 0 Å². The average Bonchev–Trinajstić information content (AvgIpc) is 3.34. The molecule has 0 amide bonds. The molecule has 0 fully saturated rings. The number of rotatable bonds is 5. The molecule has 4 aromatic rings. The van der Waals surface area contributed by atoms with E-state index in [-0.39, 0.29) is 32.5 Å². The standard InChI is InChI=1S/C22H14ClN3O6/c1-12-17(21(27)25(24-12)14-5-7-19(23)18(10-14)22(28)29)11-16-6-8-20(32-16)13-3-2-4-15(9-13)26(30)31/h2-11,24H,1H2,(H,28,29). The number of halogens is 1. The highest BCUT2D eigenvalue weighted by molar-refractivity contribution is 6.33. The molecule has 10 heteroatoms. The summed E-state index contributed by atoms with van der Waals surface area (Å²) < 4.78 is 6.89. The largest absolute Gasteiger partial charge is 0.478 e. The van der Waals surface area contributed by atoms with E-state index in [4.69, 9.17) is 16.0 Å². The molecule has 0 saturated heterocycles. The highest BCUT2D eigenvalue weighted by Gasteiger charge is 2.13. The third-order valence-electron chi connectivity index (χ3n) is 4.70. The molecule has 0 aliphatic carbocycles. The summed E-state index contributed by atoms with van der Waals surface area (Å²) in [6, 6.07) is 13.4. The Labute approximate surface area is 184 Å². The maximum absolute atomic E-state index is 12.9. The number of carbonyl (C=O) groups is 1. The smallest absolute Gasteiger partial charge is 0.337 e. The van der Waals surface area contributed by atoms with Crippen molar-refractivity contribution in [3.63, 3.8) is 0 Å². The number of H-pyrrole nitrogens is 1. The molecule has 2 heterocycles. The van der Waals surface area contributed by atoms with Crippen molar-refractivity contribution in [3.8, 4) is 17.0 Å². The van der Waals surface area contributed by atoms with Gasteiger partial charge in [-0.1, -0.05) is 30.3 Å². The van der Waals surface area contributed by atoms with Gasteiger partial charge in [-0.25, -0.2) is 9.48 Å². The molecule has 0 spiro atoms. The predicted molar refractivity (Wildman–Crippen MR) is 117 cm³/mol. The van der Waals surface area contributed by atoms with E-state index in [0.717, 1.165) is 4.68 Å². The first kappa shape index (κ1) is 20.9. The van der Waals surface area contributed by atoms with Crippen molar-refractivity contribution in [3.05, 3.63) is 102 Å². The minimum absolute atomic E-state index is 0.0479. The third kappa shape index (κ3) is 3.84. The highest BCUT2D eigenvalue weighted by atomic mass is 35.5. The van der Waals surface area contributed by atoms with Crippen LogP contribution in [0.1, 0.15) is 16.1 Å². The first-order chi connectivity index (χ1) is 15.2. The van der Waals surface area contributed by atoms with E-state index in [9.17, 15) is 24.8 Å². The monoisotopic (exact) mass is 451 g/mol. The third-order valence-corrected chi connectivity index (χ3v) is 5.03. The summed E-state index contributed by atoms with van der Waals surface area (Å²) in [5.74, 6) is -0.491. The van der Waals surface area contributed by atoms with E-state index in [1.807, 2.05) is 0 Å². The molecule has 32 heavy (non-hydrogen) atoms. The highest BCUT2D eigenvalue weighted by Crippen LogP contribution is 2.26. The fraction of sp³-hybridized carbons (Fsp3) is 0. The zero-order valence-electron chi connectivity index (χ0n) is 16.2. The van der Waals surface area contributed by atoms with Crippen LogP contribution >= 0.6 is 11.6 Å². The van der Waals surface area contributed by atoms with Gasteiger partial charge >= 0.3 is 5.97 Å². The van der Waals surface area contributed by atoms with Gasteiger partial charge in [-0.3, -0.25) is 20.0 Å². The summed E-state index contributed by atoms with van der Waals surface area (Å²) >= 11 is 5.90. The van der Waals surface area contributed by atoms with Crippen LogP contribution in [-0.2, 0) is 0 Å². The lowest BCUT2D eigenvalue weighted by Crippen LogP contribution is -2.33. The molecule has 160 valence electrons. The number of hydrogen-bond donors (Lipinski definition) is 2. The number of aromatic nitrogens is 2. The Kier molecular flexibility index (Phi) is 5.25. The molecule has 0 saturated carbocycles. The number of nitro benzene ring substituents is 1. The van der Waals surface area contributed by atoms with Gasteiger partial charge < -0.3 is 9.52 Å². The van der Waals surface area contributed by atoms with E-state index in [2.05, 4.69) is 11.7 Å². The van der Waals surface area contributed by atoms with Crippen molar-refractivity contribution in [2.75, 3.05) is 0 Å². The predicted octanol–water partition coefficient (Wildman–Crippen LogP) is 2.92. The van der Waals surface area contributed by atoms with Crippen molar-refractivity contribution in [2.45, 2.75) is 0 Å². The number of aromatic carboxylic acids is 1. The van der Waals surface area contributed by atoms with Gasteiger partial charge in [0, 0.05) is 17.7 Å². The lowest BCUT2D eigenvalue weighted by Gasteiger charge is -2.04.